The standard InChI is InChI=1S/C18H18N4O3/c1-11-12(2)22-15-10-13(5-6-14(15)21-11)17(23)19-7-8-20-18(24)16-4-3-9-25-16/h3-6,9-10H,7-8H2,1-2H3,(H,19,23)(H,20,24). The fourth-order valence-corrected chi connectivity index (χ4v) is 2.32. The van der Waals surface area contributed by atoms with Crippen LogP contribution in [0.25, 0.3) is 11.0 Å². The summed E-state index contributed by atoms with van der Waals surface area (Å²) in [5.41, 5.74) is 3.65. The molecule has 2 amide bonds. The highest BCUT2D eigenvalue weighted by Gasteiger charge is 2.10. The second-order valence-corrected chi connectivity index (χ2v) is 5.59. The van der Waals surface area contributed by atoms with E-state index in [9.17, 15) is 9.59 Å². The maximum atomic E-state index is 12.2. The van der Waals surface area contributed by atoms with Gasteiger partial charge in [-0.3, -0.25) is 9.59 Å². The summed E-state index contributed by atoms with van der Waals surface area (Å²) in [7, 11) is 0. The molecule has 2 heterocycles. The van der Waals surface area contributed by atoms with E-state index in [2.05, 4.69) is 20.6 Å². The molecule has 128 valence electrons. The van der Waals surface area contributed by atoms with Crippen LogP contribution < -0.4 is 10.6 Å². The number of nitrogens with zero attached hydrogens (tertiary/aromatic N) is 2. The topological polar surface area (TPSA) is 97.1 Å². The van der Waals surface area contributed by atoms with E-state index >= 15 is 0 Å². The van der Waals surface area contributed by atoms with Gasteiger partial charge in [0.15, 0.2) is 5.76 Å². The predicted octanol–water partition coefficient (Wildman–Crippen LogP) is 2.00. The molecule has 0 saturated carbocycles. The van der Waals surface area contributed by atoms with E-state index in [0.29, 0.717) is 24.2 Å². The van der Waals surface area contributed by atoms with E-state index in [-0.39, 0.29) is 17.6 Å². The molecule has 0 spiro atoms. The molecule has 0 saturated heterocycles. The van der Waals surface area contributed by atoms with Crippen LogP contribution in [-0.4, -0.2) is 34.9 Å². The number of hydrogen-bond donors (Lipinski definition) is 2. The highest BCUT2D eigenvalue weighted by Crippen LogP contribution is 2.14. The van der Waals surface area contributed by atoms with Crippen LogP contribution in [-0.2, 0) is 0 Å². The lowest BCUT2D eigenvalue weighted by molar-refractivity contribution is 0.0910. The zero-order valence-corrected chi connectivity index (χ0v) is 14.0. The first-order valence-electron chi connectivity index (χ1n) is 7.89. The molecule has 0 bridgehead atoms. The molecule has 7 nitrogen and oxygen atoms in total. The molecule has 0 aliphatic heterocycles. The Balaban J connectivity index is 1.57. The summed E-state index contributed by atoms with van der Waals surface area (Å²) in [6.45, 7) is 4.40. The van der Waals surface area contributed by atoms with Crippen LogP contribution in [0.5, 0.6) is 0 Å². The van der Waals surface area contributed by atoms with Gasteiger partial charge in [0.1, 0.15) is 0 Å². The van der Waals surface area contributed by atoms with Gasteiger partial charge in [0.25, 0.3) is 11.8 Å². The van der Waals surface area contributed by atoms with Crippen LogP contribution in [0.1, 0.15) is 32.3 Å². The van der Waals surface area contributed by atoms with Crippen molar-refractivity contribution in [1.29, 1.82) is 0 Å². The first-order chi connectivity index (χ1) is 12.0. The molecular weight excluding hydrogens is 320 g/mol. The average molecular weight is 338 g/mol. The quantitative estimate of drug-likeness (QED) is 0.694. The highest BCUT2D eigenvalue weighted by atomic mass is 16.3. The first-order valence-corrected chi connectivity index (χ1v) is 7.89. The largest absolute Gasteiger partial charge is 0.459 e. The molecule has 2 aromatic heterocycles. The SMILES string of the molecule is Cc1nc2ccc(C(=O)NCCNC(=O)c3ccco3)cc2nc1C. The van der Waals surface area contributed by atoms with Crippen molar-refractivity contribution in [3.63, 3.8) is 0 Å². The van der Waals surface area contributed by atoms with Crippen molar-refractivity contribution in [3.8, 4) is 0 Å². The minimum atomic E-state index is -0.314. The van der Waals surface area contributed by atoms with Crippen LogP contribution in [0, 0.1) is 13.8 Å². The Kier molecular flexibility index (Phi) is 4.74. The zero-order valence-electron chi connectivity index (χ0n) is 14.0. The smallest absolute Gasteiger partial charge is 0.287 e. The Morgan fingerprint density at radius 1 is 0.960 bits per heavy atom. The average Bonchev–Trinajstić information content (AvgIpc) is 3.13. The van der Waals surface area contributed by atoms with Crippen LogP contribution >= 0.6 is 0 Å². The summed E-state index contributed by atoms with van der Waals surface area (Å²) in [5, 5.41) is 5.42. The van der Waals surface area contributed by atoms with E-state index in [1.165, 1.54) is 6.26 Å². The maximum absolute atomic E-state index is 12.2. The van der Waals surface area contributed by atoms with Gasteiger partial charge < -0.3 is 15.1 Å². The Morgan fingerprint density at radius 3 is 2.32 bits per heavy atom. The lowest BCUT2D eigenvalue weighted by atomic mass is 10.1. The Morgan fingerprint density at radius 2 is 1.64 bits per heavy atom. The molecule has 0 radical (unpaired) electrons. The molecule has 3 rings (SSSR count). The fourth-order valence-electron chi connectivity index (χ4n) is 2.32. The third kappa shape index (κ3) is 3.82. The van der Waals surface area contributed by atoms with Crippen molar-refractivity contribution in [2.75, 3.05) is 13.1 Å². The van der Waals surface area contributed by atoms with E-state index in [0.717, 1.165) is 16.9 Å². The van der Waals surface area contributed by atoms with E-state index in [1.54, 1.807) is 30.3 Å². The summed E-state index contributed by atoms with van der Waals surface area (Å²) in [6, 6.07) is 8.42. The van der Waals surface area contributed by atoms with Crippen molar-refractivity contribution in [3.05, 3.63) is 59.3 Å². The van der Waals surface area contributed by atoms with Crippen LogP contribution in [0.3, 0.4) is 0 Å². The van der Waals surface area contributed by atoms with Gasteiger partial charge in [-0.2, -0.15) is 0 Å². The summed E-state index contributed by atoms with van der Waals surface area (Å²) in [5.74, 6) is -0.301. The van der Waals surface area contributed by atoms with Crippen molar-refractivity contribution in [2.24, 2.45) is 0 Å². The van der Waals surface area contributed by atoms with Gasteiger partial charge in [-0.1, -0.05) is 0 Å². The Hall–Kier alpha value is -3.22. The van der Waals surface area contributed by atoms with Gasteiger partial charge in [-0.25, -0.2) is 9.97 Å². The predicted molar refractivity (Wildman–Crippen MR) is 92.4 cm³/mol. The number of furan rings is 1. The summed E-state index contributed by atoms with van der Waals surface area (Å²) < 4.78 is 4.99. The molecule has 0 atom stereocenters. The summed E-state index contributed by atoms with van der Waals surface area (Å²) in [4.78, 5) is 32.8. The van der Waals surface area contributed by atoms with E-state index in [1.807, 2.05) is 13.8 Å². The molecule has 7 heteroatoms. The molecule has 0 unspecified atom stereocenters. The fraction of sp³-hybridized carbons (Fsp3) is 0.222. The van der Waals surface area contributed by atoms with Gasteiger partial charge in [0.05, 0.1) is 28.7 Å². The van der Waals surface area contributed by atoms with Gasteiger partial charge >= 0.3 is 0 Å². The Labute approximate surface area is 144 Å². The minimum Gasteiger partial charge on any atom is -0.459 e. The van der Waals surface area contributed by atoms with E-state index in [4.69, 9.17) is 4.42 Å². The lowest BCUT2D eigenvalue weighted by Crippen LogP contribution is -2.34. The third-order valence-electron chi connectivity index (χ3n) is 3.78. The molecule has 1 aromatic carbocycles. The molecule has 25 heavy (non-hydrogen) atoms. The third-order valence-corrected chi connectivity index (χ3v) is 3.78. The van der Waals surface area contributed by atoms with Crippen molar-refractivity contribution in [2.45, 2.75) is 13.8 Å². The number of nitrogens with one attached hydrogen (secondary N) is 2. The minimum absolute atomic E-state index is 0.228. The number of amides is 2. The first kappa shape index (κ1) is 16.6. The van der Waals surface area contributed by atoms with Gasteiger partial charge in [-0.05, 0) is 44.2 Å². The second-order valence-electron chi connectivity index (χ2n) is 5.59. The normalized spacial score (nSPS) is 10.6. The monoisotopic (exact) mass is 338 g/mol. The number of hydrogen-bond acceptors (Lipinski definition) is 5. The molecule has 0 fully saturated rings. The van der Waals surface area contributed by atoms with E-state index < -0.39 is 0 Å². The maximum Gasteiger partial charge on any atom is 0.287 e. The molecule has 0 aliphatic rings. The highest BCUT2D eigenvalue weighted by molar-refractivity contribution is 5.97. The molecule has 3 aromatic rings. The van der Waals surface area contributed by atoms with Crippen LogP contribution in [0.2, 0.25) is 0 Å². The lowest BCUT2D eigenvalue weighted by Gasteiger charge is -2.07. The van der Waals surface area contributed by atoms with Crippen LogP contribution in [0.15, 0.2) is 41.0 Å². The number of benzene rings is 1. The molecule has 2 N–H and O–H groups in total. The number of carbonyl (C=O) groups is 2. The van der Waals surface area contributed by atoms with Gasteiger partial charge in [0.2, 0.25) is 0 Å². The zero-order chi connectivity index (χ0) is 17.8. The van der Waals surface area contributed by atoms with Crippen molar-refractivity contribution < 1.29 is 14.0 Å². The number of aryl methyl sites for hydroxylation is 2. The molecular formula is C18H18N4O3. The van der Waals surface area contributed by atoms with Gasteiger partial charge in [0, 0.05) is 18.7 Å². The number of fused-ring (bicyclic) bond motifs is 1. The van der Waals surface area contributed by atoms with Crippen molar-refractivity contribution >= 4 is 22.8 Å². The molecule has 0 aliphatic carbocycles. The van der Waals surface area contributed by atoms with Crippen LogP contribution in [0.4, 0.5) is 0 Å². The summed E-state index contributed by atoms with van der Waals surface area (Å²) >= 11 is 0. The Bertz CT molecular complexity index is 919. The van der Waals surface area contributed by atoms with Gasteiger partial charge in [-0.15, -0.1) is 0 Å². The second kappa shape index (κ2) is 7.12. The summed E-state index contributed by atoms with van der Waals surface area (Å²) in [6.07, 6.45) is 1.43. The number of aromatic nitrogens is 2. The number of carbonyl (C=O) groups excluding carboxylic acids is 2. The van der Waals surface area contributed by atoms with Crippen molar-refractivity contribution in [1.82, 2.24) is 20.6 Å². The number of rotatable bonds is 5.